The van der Waals surface area contributed by atoms with Crippen LogP contribution in [0.1, 0.15) is 36.5 Å². The zero-order valence-electron chi connectivity index (χ0n) is 14.7. The van der Waals surface area contributed by atoms with Gasteiger partial charge in [-0.15, -0.1) is 0 Å². The number of likely N-dealkylation sites (tertiary alicyclic amines) is 1. The van der Waals surface area contributed by atoms with Crippen molar-refractivity contribution in [3.63, 3.8) is 0 Å². The largest absolute Gasteiger partial charge is 0.343 e. The Morgan fingerprint density at radius 3 is 2.72 bits per heavy atom. The summed E-state index contributed by atoms with van der Waals surface area (Å²) in [6.07, 6.45) is 1.93. The number of amides is 1. The Morgan fingerprint density at radius 1 is 1.40 bits per heavy atom. The molecule has 1 aromatic rings. The predicted octanol–water partition coefficient (Wildman–Crippen LogP) is 2.48. The van der Waals surface area contributed by atoms with E-state index in [0.717, 1.165) is 19.4 Å². The average Bonchev–Trinajstić information content (AvgIpc) is 2.65. The van der Waals surface area contributed by atoms with Crippen molar-refractivity contribution in [2.24, 2.45) is 5.92 Å². The Balaban J connectivity index is 2.00. The van der Waals surface area contributed by atoms with Crippen molar-refractivity contribution in [3.05, 3.63) is 35.6 Å². The SMILES string of the molecule is C[C@H](C(=O)N(C)CCC#N)N1CCC[C@H](C(=O)c2ccc(F)cc2)C1. The summed E-state index contributed by atoms with van der Waals surface area (Å²) in [5.74, 6) is -0.576. The van der Waals surface area contributed by atoms with E-state index in [1.54, 1.807) is 11.9 Å². The molecule has 0 radical (unpaired) electrons. The van der Waals surface area contributed by atoms with Gasteiger partial charge in [-0.1, -0.05) is 0 Å². The number of rotatable bonds is 6. The molecular weight excluding hydrogens is 321 g/mol. The lowest BCUT2D eigenvalue weighted by Gasteiger charge is -2.36. The number of halogens is 1. The fourth-order valence-electron chi connectivity index (χ4n) is 3.23. The monoisotopic (exact) mass is 345 g/mol. The van der Waals surface area contributed by atoms with Crippen LogP contribution in [-0.2, 0) is 4.79 Å². The maximum atomic E-state index is 13.0. The predicted molar refractivity (Wildman–Crippen MR) is 92.4 cm³/mol. The van der Waals surface area contributed by atoms with E-state index in [-0.39, 0.29) is 29.5 Å². The number of ketones is 1. The molecule has 0 N–H and O–H groups in total. The Morgan fingerprint density at radius 2 is 2.08 bits per heavy atom. The van der Waals surface area contributed by atoms with Gasteiger partial charge in [-0.05, 0) is 50.6 Å². The first kappa shape index (κ1) is 19.1. The molecule has 1 aliphatic rings. The third-order valence-electron chi connectivity index (χ3n) is 4.79. The van der Waals surface area contributed by atoms with Crippen molar-refractivity contribution in [2.75, 3.05) is 26.7 Å². The molecule has 1 saturated heterocycles. The van der Waals surface area contributed by atoms with Crippen molar-refractivity contribution < 1.29 is 14.0 Å². The van der Waals surface area contributed by atoms with Gasteiger partial charge < -0.3 is 4.90 Å². The Bertz CT molecular complexity index is 654. The van der Waals surface area contributed by atoms with Gasteiger partial charge in [0.1, 0.15) is 5.82 Å². The molecule has 2 rings (SSSR count). The average molecular weight is 345 g/mol. The van der Waals surface area contributed by atoms with Gasteiger partial charge in [0.25, 0.3) is 0 Å². The van der Waals surface area contributed by atoms with Gasteiger partial charge in [-0.3, -0.25) is 14.5 Å². The van der Waals surface area contributed by atoms with Crippen molar-refractivity contribution in [2.45, 2.75) is 32.2 Å². The van der Waals surface area contributed by atoms with Crippen molar-refractivity contribution in [1.29, 1.82) is 5.26 Å². The van der Waals surface area contributed by atoms with E-state index in [1.807, 2.05) is 17.9 Å². The minimum absolute atomic E-state index is 0.00202. The Labute approximate surface area is 148 Å². The molecule has 0 aliphatic carbocycles. The van der Waals surface area contributed by atoms with Crippen LogP contribution in [0.15, 0.2) is 24.3 Å². The van der Waals surface area contributed by atoms with Crippen LogP contribution in [-0.4, -0.2) is 54.2 Å². The number of Topliss-reactive ketones (excluding diaryl/α,β-unsaturated/α-hetero) is 1. The number of piperidine rings is 1. The van der Waals surface area contributed by atoms with Crippen molar-refractivity contribution >= 4 is 11.7 Å². The van der Waals surface area contributed by atoms with Gasteiger partial charge in [0.05, 0.1) is 18.5 Å². The van der Waals surface area contributed by atoms with Gasteiger partial charge in [-0.2, -0.15) is 5.26 Å². The Hall–Kier alpha value is -2.26. The van der Waals surface area contributed by atoms with E-state index in [0.29, 0.717) is 25.1 Å². The third-order valence-corrected chi connectivity index (χ3v) is 4.79. The summed E-state index contributed by atoms with van der Waals surface area (Å²) in [6, 6.07) is 7.33. The number of likely N-dealkylation sites (N-methyl/N-ethyl adjacent to an activating group) is 1. The molecule has 0 aromatic heterocycles. The van der Waals surface area contributed by atoms with Crippen LogP contribution in [0.5, 0.6) is 0 Å². The van der Waals surface area contributed by atoms with Gasteiger partial charge in [0, 0.05) is 31.6 Å². The molecule has 1 fully saturated rings. The van der Waals surface area contributed by atoms with E-state index < -0.39 is 0 Å². The number of carbonyl (C=O) groups is 2. The topological polar surface area (TPSA) is 64.4 Å². The number of carbonyl (C=O) groups excluding carboxylic acids is 2. The minimum Gasteiger partial charge on any atom is -0.343 e. The number of benzene rings is 1. The third kappa shape index (κ3) is 4.86. The van der Waals surface area contributed by atoms with Crippen LogP contribution in [0.3, 0.4) is 0 Å². The highest BCUT2D eigenvalue weighted by atomic mass is 19.1. The van der Waals surface area contributed by atoms with Crippen molar-refractivity contribution in [1.82, 2.24) is 9.80 Å². The highest BCUT2D eigenvalue weighted by Gasteiger charge is 2.32. The zero-order chi connectivity index (χ0) is 18.4. The van der Waals surface area contributed by atoms with Crippen LogP contribution in [0, 0.1) is 23.1 Å². The first-order valence-electron chi connectivity index (χ1n) is 8.59. The highest BCUT2D eigenvalue weighted by Crippen LogP contribution is 2.23. The smallest absolute Gasteiger partial charge is 0.239 e. The summed E-state index contributed by atoms with van der Waals surface area (Å²) in [6.45, 7) is 3.54. The molecule has 1 aromatic carbocycles. The molecule has 0 saturated carbocycles. The second-order valence-electron chi connectivity index (χ2n) is 6.55. The van der Waals surface area contributed by atoms with Crippen LogP contribution in [0.2, 0.25) is 0 Å². The maximum absolute atomic E-state index is 13.0. The molecule has 6 heteroatoms. The molecule has 1 aliphatic heterocycles. The molecule has 2 atom stereocenters. The normalized spacial score (nSPS) is 19.0. The zero-order valence-corrected chi connectivity index (χ0v) is 14.7. The molecule has 5 nitrogen and oxygen atoms in total. The fourth-order valence-corrected chi connectivity index (χ4v) is 3.23. The summed E-state index contributed by atoms with van der Waals surface area (Å²) in [5, 5.41) is 8.65. The first-order chi connectivity index (χ1) is 11.9. The van der Waals surface area contributed by atoms with Crippen LogP contribution in [0.4, 0.5) is 4.39 Å². The quantitative estimate of drug-likeness (QED) is 0.743. The molecule has 0 bridgehead atoms. The fraction of sp³-hybridized carbons (Fsp3) is 0.526. The number of hydrogen-bond acceptors (Lipinski definition) is 4. The van der Waals surface area contributed by atoms with Crippen LogP contribution < -0.4 is 0 Å². The Kier molecular flexibility index (Phi) is 6.65. The maximum Gasteiger partial charge on any atom is 0.239 e. The lowest BCUT2D eigenvalue weighted by atomic mass is 9.89. The van der Waals surface area contributed by atoms with E-state index in [4.69, 9.17) is 5.26 Å². The molecule has 1 heterocycles. The van der Waals surface area contributed by atoms with Crippen LogP contribution in [0.25, 0.3) is 0 Å². The van der Waals surface area contributed by atoms with E-state index in [9.17, 15) is 14.0 Å². The summed E-state index contributed by atoms with van der Waals surface area (Å²) >= 11 is 0. The highest BCUT2D eigenvalue weighted by molar-refractivity contribution is 5.98. The standard InChI is InChI=1S/C19H24FN3O2/c1-14(19(25)22(2)11-4-10-21)23-12-3-5-16(13-23)18(24)15-6-8-17(20)9-7-15/h6-9,14,16H,3-5,11-13H2,1-2H3/t14-,16+/m1/s1. The summed E-state index contributed by atoms with van der Waals surface area (Å²) < 4.78 is 13.0. The first-order valence-corrected chi connectivity index (χ1v) is 8.59. The van der Waals surface area contributed by atoms with Gasteiger partial charge in [-0.25, -0.2) is 4.39 Å². The molecule has 0 spiro atoms. The molecule has 1 amide bonds. The number of hydrogen-bond donors (Lipinski definition) is 0. The van der Waals surface area contributed by atoms with E-state index in [2.05, 4.69) is 0 Å². The number of nitriles is 1. The summed E-state index contributed by atoms with van der Waals surface area (Å²) in [4.78, 5) is 28.7. The van der Waals surface area contributed by atoms with E-state index in [1.165, 1.54) is 24.3 Å². The van der Waals surface area contributed by atoms with Gasteiger partial charge >= 0.3 is 0 Å². The van der Waals surface area contributed by atoms with Crippen LogP contribution >= 0.6 is 0 Å². The molecule has 25 heavy (non-hydrogen) atoms. The lowest BCUT2D eigenvalue weighted by Crippen LogP contribution is -2.50. The van der Waals surface area contributed by atoms with E-state index >= 15 is 0 Å². The second-order valence-corrected chi connectivity index (χ2v) is 6.55. The second kappa shape index (κ2) is 8.72. The molecule has 0 unspecified atom stereocenters. The van der Waals surface area contributed by atoms with Crippen molar-refractivity contribution in [3.8, 4) is 6.07 Å². The lowest BCUT2D eigenvalue weighted by molar-refractivity contribution is -0.135. The molecular formula is C19H24FN3O2. The summed E-state index contributed by atoms with van der Waals surface area (Å²) in [5.41, 5.74) is 0.512. The minimum atomic E-state index is -0.360. The molecule has 134 valence electrons. The van der Waals surface area contributed by atoms with Gasteiger partial charge in [0.15, 0.2) is 5.78 Å². The number of nitrogens with zero attached hydrogens (tertiary/aromatic N) is 3. The van der Waals surface area contributed by atoms with Gasteiger partial charge in [0.2, 0.25) is 5.91 Å². The summed E-state index contributed by atoms with van der Waals surface area (Å²) in [7, 11) is 1.70.